The molecular formula is C10H9NO3S2. The minimum atomic E-state index is -0.892. The molecule has 1 amide bonds. The van der Waals surface area contributed by atoms with E-state index in [2.05, 4.69) is 5.32 Å². The first-order valence-corrected chi connectivity index (χ1v) is 6.19. The van der Waals surface area contributed by atoms with Gasteiger partial charge in [0.25, 0.3) is 0 Å². The molecule has 84 valence electrons. The summed E-state index contributed by atoms with van der Waals surface area (Å²) < 4.78 is 1.92. The standard InChI is InChI=1S/C10H9NO3S2/c1-5(12)11-4-6-2-7-8(15-6)3-9(16-7)10(13)14/h2-3H,4H2,1H3,(H,11,12)(H,13,14). The molecule has 6 heteroatoms. The summed E-state index contributed by atoms with van der Waals surface area (Å²) in [5.74, 6) is -0.959. The van der Waals surface area contributed by atoms with Crippen molar-refractivity contribution in [1.29, 1.82) is 0 Å². The molecule has 0 aromatic carbocycles. The van der Waals surface area contributed by atoms with E-state index in [0.717, 1.165) is 14.3 Å². The van der Waals surface area contributed by atoms with Gasteiger partial charge in [0, 0.05) is 21.2 Å². The zero-order valence-electron chi connectivity index (χ0n) is 8.44. The van der Waals surface area contributed by atoms with E-state index in [-0.39, 0.29) is 5.91 Å². The fourth-order valence-corrected chi connectivity index (χ4v) is 3.49. The molecule has 4 nitrogen and oxygen atoms in total. The molecule has 2 aromatic heterocycles. The summed E-state index contributed by atoms with van der Waals surface area (Å²) in [5.41, 5.74) is 0. The van der Waals surface area contributed by atoms with Crippen molar-refractivity contribution in [2.45, 2.75) is 13.5 Å². The number of hydrogen-bond acceptors (Lipinski definition) is 4. The Morgan fingerprint density at radius 3 is 2.56 bits per heavy atom. The molecular weight excluding hydrogens is 246 g/mol. The first-order chi connectivity index (χ1) is 7.56. The number of hydrogen-bond donors (Lipinski definition) is 2. The van der Waals surface area contributed by atoms with Gasteiger partial charge >= 0.3 is 5.97 Å². The average molecular weight is 255 g/mol. The Morgan fingerprint density at radius 1 is 1.31 bits per heavy atom. The molecule has 0 aliphatic carbocycles. The summed E-state index contributed by atoms with van der Waals surface area (Å²) in [5, 5.41) is 11.5. The highest BCUT2D eigenvalue weighted by atomic mass is 32.1. The van der Waals surface area contributed by atoms with Gasteiger partial charge in [-0.15, -0.1) is 22.7 Å². The smallest absolute Gasteiger partial charge is 0.345 e. The van der Waals surface area contributed by atoms with Gasteiger partial charge in [0.1, 0.15) is 4.88 Å². The first kappa shape index (κ1) is 11.1. The highest BCUT2D eigenvalue weighted by molar-refractivity contribution is 7.28. The van der Waals surface area contributed by atoms with E-state index in [0.29, 0.717) is 11.4 Å². The predicted octanol–water partition coefficient (Wildman–Crippen LogP) is 2.30. The molecule has 2 N–H and O–H groups in total. The van der Waals surface area contributed by atoms with E-state index >= 15 is 0 Å². The van der Waals surface area contributed by atoms with Crippen LogP contribution in [-0.4, -0.2) is 17.0 Å². The van der Waals surface area contributed by atoms with Crippen LogP contribution >= 0.6 is 22.7 Å². The van der Waals surface area contributed by atoms with Crippen molar-refractivity contribution < 1.29 is 14.7 Å². The van der Waals surface area contributed by atoms with E-state index in [1.54, 1.807) is 6.07 Å². The Morgan fingerprint density at radius 2 is 2.00 bits per heavy atom. The van der Waals surface area contributed by atoms with Crippen molar-refractivity contribution in [3.05, 3.63) is 21.9 Å². The van der Waals surface area contributed by atoms with E-state index < -0.39 is 5.97 Å². The molecule has 0 aliphatic rings. The second-order valence-corrected chi connectivity index (χ2v) is 5.52. The Kier molecular flexibility index (Phi) is 2.93. The molecule has 0 spiro atoms. The molecule has 16 heavy (non-hydrogen) atoms. The number of aromatic carboxylic acids is 1. The maximum atomic E-state index is 10.7. The van der Waals surface area contributed by atoms with Gasteiger partial charge in [-0.05, 0) is 12.1 Å². The van der Waals surface area contributed by atoms with Crippen molar-refractivity contribution in [3.8, 4) is 0 Å². The number of carboxylic acid groups (broad SMARTS) is 1. The summed E-state index contributed by atoms with van der Waals surface area (Å²) in [6.07, 6.45) is 0. The van der Waals surface area contributed by atoms with Crippen LogP contribution in [0, 0.1) is 0 Å². The SMILES string of the molecule is CC(=O)NCc1cc2sc(C(=O)O)cc2s1. The summed E-state index contributed by atoms with van der Waals surface area (Å²) in [6, 6.07) is 3.59. The topological polar surface area (TPSA) is 66.4 Å². The molecule has 0 saturated heterocycles. The van der Waals surface area contributed by atoms with Crippen molar-refractivity contribution >= 4 is 43.9 Å². The fourth-order valence-electron chi connectivity index (χ4n) is 1.29. The Hall–Kier alpha value is -1.40. The number of carboxylic acids is 1. The largest absolute Gasteiger partial charge is 0.477 e. The normalized spacial score (nSPS) is 10.6. The lowest BCUT2D eigenvalue weighted by atomic mass is 10.4. The first-order valence-electron chi connectivity index (χ1n) is 4.56. The zero-order chi connectivity index (χ0) is 11.7. The Labute approximate surface area is 99.5 Å². The summed E-state index contributed by atoms with van der Waals surface area (Å²) in [4.78, 5) is 22.8. The molecule has 0 aliphatic heterocycles. The molecule has 0 saturated carbocycles. The van der Waals surface area contributed by atoms with Crippen molar-refractivity contribution in [2.24, 2.45) is 0 Å². The van der Waals surface area contributed by atoms with Gasteiger partial charge in [-0.25, -0.2) is 4.79 Å². The number of fused-ring (bicyclic) bond motifs is 1. The summed E-state index contributed by atoms with van der Waals surface area (Å²) >= 11 is 2.77. The maximum absolute atomic E-state index is 10.7. The van der Waals surface area contributed by atoms with Crippen molar-refractivity contribution in [3.63, 3.8) is 0 Å². The van der Waals surface area contributed by atoms with Crippen LogP contribution in [0.4, 0.5) is 0 Å². The van der Waals surface area contributed by atoms with Gasteiger partial charge in [-0.1, -0.05) is 0 Å². The monoisotopic (exact) mass is 255 g/mol. The number of carbonyl (C=O) groups is 2. The molecule has 2 rings (SSSR count). The second-order valence-electron chi connectivity index (χ2n) is 3.27. The van der Waals surface area contributed by atoms with Gasteiger partial charge in [-0.2, -0.15) is 0 Å². The van der Waals surface area contributed by atoms with Gasteiger partial charge in [0.2, 0.25) is 5.91 Å². The molecule has 0 radical (unpaired) electrons. The fraction of sp³-hybridized carbons (Fsp3) is 0.200. The molecule has 0 atom stereocenters. The highest BCUT2D eigenvalue weighted by Crippen LogP contribution is 2.33. The third-order valence-corrected chi connectivity index (χ3v) is 4.26. The minimum absolute atomic E-state index is 0.0667. The zero-order valence-corrected chi connectivity index (χ0v) is 10.1. The number of rotatable bonds is 3. The van der Waals surface area contributed by atoms with Crippen LogP contribution < -0.4 is 5.32 Å². The number of amides is 1. The van der Waals surface area contributed by atoms with Gasteiger partial charge in [0.15, 0.2) is 0 Å². The maximum Gasteiger partial charge on any atom is 0.345 e. The molecule has 2 heterocycles. The second kappa shape index (κ2) is 4.23. The van der Waals surface area contributed by atoms with Gasteiger partial charge in [0.05, 0.1) is 6.54 Å². The van der Waals surface area contributed by atoms with Crippen LogP contribution in [0.15, 0.2) is 12.1 Å². The Balaban J connectivity index is 2.22. The van der Waals surface area contributed by atoms with Gasteiger partial charge < -0.3 is 10.4 Å². The van der Waals surface area contributed by atoms with Crippen LogP contribution in [0.1, 0.15) is 21.5 Å². The van der Waals surface area contributed by atoms with E-state index in [1.807, 2.05) is 6.07 Å². The number of nitrogens with one attached hydrogen (secondary N) is 1. The van der Waals surface area contributed by atoms with Gasteiger partial charge in [-0.3, -0.25) is 4.79 Å². The lowest BCUT2D eigenvalue weighted by Crippen LogP contribution is -2.17. The van der Waals surface area contributed by atoms with Crippen LogP contribution in [0.2, 0.25) is 0 Å². The lowest BCUT2D eigenvalue weighted by molar-refractivity contribution is -0.119. The Bertz CT molecular complexity index is 524. The van der Waals surface area contributed by atoms with E-state index in [4.69, 9.17) is 5.11 Å². The lowest BCUT2D eigenvalue weighted by Gasteiger charge is -1.96. The summed E-state index contributed by atoms with van der Waals surface area (Å²) in [7, 11) is 0. The third-order valence-electron chi connectivity index (χ3n) is 1.98. The average Bonchev–Trinajstić information content (AvgIpc) is 2.70. The quantitative estimate of drug-likeness (QED) is 0.884. The van der Waals surface area contributed by atoms with Crippen LogP contribution in [0.25, 0.3) is 9.40 Å². The molecule has 0 fully saturated rings. The number of carbonyl (C=O) groups excluding carboxylic acids is 1. The number of thiophene rings is 2. The van der Waals surface area contributed by atoms with E-state index in [1.165, 1.54) is 29.6 Å². The van der Waals surface area contributed by atoms with Crippen LogP contribution in [0.5, 0.6) is 0 Å². The molecule has 2 aromatic rings. The minimum Gasteiger partial charge on any atom is -0.477 e. The third kappa shape index (κ3) is 2.23. The van der Waals surface area contributed by atoms with Crippen LogP contribution in [-0.2, 0) is 11.3 Å². The predicted molar refractivity (Wildman–Crippen MR) is 64.2 cm³/mol. The van der Waals surface area contributed by atoms with Crippen molar-refractivity contribution in [2.75, 3.05) is 0 Å². The van der Waals surface area contributed by atoms with Crippen molar-refractivity contribution in [1.82, 2.24) is 5.32 Å². The van der Waals surface area contributed by atoms with E-state index in [9.17, 15) is 9.59 Å². The molecule has 0 unspecified atom stereocenters. The molecule has 0 bridgehead atoms. The highest BCUT2D eigenvalue weighted by Gasteiger charge is 2.11. The summed E-state index contributed by atoms with van der Waals surface area (Å²) in [6.45, 7) is 1.97. The van der Waals surface area contributed by atoms with Crippen LogP contribution in [0.3, 0.4) is 0 Å².